The molecule has 0 aliphatic heterocycles. The fourth-order valence-corrected chi connectivity index (χ4v) is 2.38. The second-order valence-corrected chi connectivity index (χ2v) is 5.13. The van der Waals surface area contributed by atoms with Crippen LogP contribution >= 0.6 is 11.3 Å². The average Bonchev–Trinajstić information content (AvgIpc) is 2.74. The topological polar surface area (TPSA) is 20.2 Å². The predicted octanol–water partition coefficient (Wildman–Crippen LogP) is 4.16. The van der Waals surface area contributed by atoms with Crippen molar-refractivity contribution in [2.24, 2.45) is 0 Å². The van der Waals surface area contributed by atoms with E-state index in [-0.39, 0.29) is 0 Å². The summed E-state index contributed by atoms with van der Waals surface area (Å²) in [4.78, 5) is 1.05. The summed E-state index contributed by atoms with van der Waals surface area (Å²) in [6.45, 7) is 1.91. The van der Waals surface area contributed by atoms with Gasteiger partial charge in [0.15, 0.2) is 0 Å². The van der Waals surface area contributed by atoms with Crippen LogP contribution in [0.2, 0.25) is 0 Å². The van der Waals surface area contributed by atoms with Gasteiger partial charge in [0.05, 0.1) is 5.56 Å². The zero-order chi connectivity index (χ0) is 13.3. The molecule has 1 aromatic heterocycles. The zero-order valence-electron chi connectivity index (χ0n) is 9.53. The number of hydrogen-bond donors (Lipinski definition) is 1. The third-order valence-electron chi connectivity index (χ3n) is 2.62. The zero-order valence-corrected chi connectivity index (χ0v) is 10.3. The van der Waals surface area contributed by atoms with Crippen molar-refractivity contribution in [3.05, 3.63) is 57.3 Å². The molecule has 18 heavy (non-hydrogen) atoms. The maximum absolute atomic E-state index is 12.4. The third-order valence-corrected chi connectivity index (χ3v) is 3.50. The lowest BCUT2D eigenvalue weighted by Crippen LogP contribution is -2.05. The van der Waals surface area contributed by atoms with Crippen molar-refractivity contribution < 1.29 is 18.3 Å². The van der Waals surface area contributed by atoms with Crippen LogP contribution in [0.5, 0.6) is 0 Å². The molecule has 0 amide bonds. The molecular weight excluding hydrogens is 261 g/mol. The summed E-state index contributed by atoms with van der Waals surface area (Å²) in [7, 11) is 0. The van der Waals surface area contributed by atoms with Crippen molar-refractivity contribution in [2.45, 2.75) is 19.2 Å². The first-order valence-corrected chi connectivity index (χ1v) is 6.16. The van der Waals surface area contributed by atoms with Gasteiger partial charge in [0.2, 0.25) is 0 Å². The molecule has 5 heteroatoms. The second kappa shape index (κ2) is 4.74. The summed E-state index contributed by atoms with van der Waals surface area (Å²) in [5.74, 6) is 0. The minimum atomic E-state index is -4.34. The molecule has 1 N–H and O–H groups in total. The van der Waals surface area contributed by atoms with Gasteiger partial charge in [-0.05, 0) is 41.6 Å². The molecule has 0 fully saturated rings. The van der Waals surface area contributed by atoms with E-state index in [0.717, 1.165) is 17.0 Å². The molecule has 0 aliphatic rings. The summed E-state index contributed by atoms with van der Waals surface area (Å²) in [6.07, 6.45) is -5.22. The van der Waals surface area contributed by atoms with Gasteiger partial charge in [0.25, 0.3) is 0 Å². The van der Waals surface area contributed by atoms with Crippen molar-refractivity contribution in [1.29, 1.82) is 0 Å². The first kappa shape index (κ1) is 13.1. The molecule has 1 nitrogen and oxygen atoms in total. The SMILES string of the molecule is Cc1cc(C(O)c2ccc(C(F)(F)F)cc2)cs1. The molecule has 1 aromatic carbocycles. The molecular formula is C13H11F3OS. The molecule has 1 atom stereocenters. The third kappa shape index (κ3) is 2.73. The average molecular weight is 272 g/mol. The van der Waals surface area contributed by atoms with Gasteiger partial charge in [-0.3, -0.25) is 0 Å². The Balaban J connectivity index is 2.24. The summed E-state index contributed by atoms with van der Waals surface area (Å²) in [5.41, 5.74) is 0.456. The van der Waals surface area contributed by atoms with E-state index in [1.165, 1.54) is 23.5 Å². The Bertz CT molecular complexity index is 528. The summed E-state index contributed by atoms with van der Waals surface area (Å²) >= 11 is 1.49. The molecule has 2 aromatic rings. The van der Waals surface area contributed by atoms with E-state index >= 15 is 0 Å². The number of alkyl halides is 3. The molecule has 0 saturated heterocycles. The van der Waals surface area contributed by atoms with Crippen LogP contribution in [0, 0.1) is 6.92 Å². The fraction of sp³-hybridized carbons (Fsp3) is 0.231. The second-order valence-electron chi connectivity index (χ2n) is 4.01. The number of benzene rings is 1. The molecule has 0 aliphatic carbocycles. The first-order chi connectivity index (χ1) is 8.38. The predicted molar refractivity (Wildman–Crippen MR) is 64.6 cm³/mol. The van der Waals surface area contributed by atoms with E-state index in [9.17, 15) is 18.3 Å². The van der Waals surface area contributed by atoms with Crippen LogP contribution < -0.4 is 0 Å². The molecule has 96 valence electrons. The van der Waals surface area contributed by atoms with Crippen molar-refractivity contribution >= 4 is 11.3 Å². The van der Waals surface area contributed by atoms with Gasteiger partial charge in [-0.15, -0.1) is 11.3 Å². The van der Waals surface area contributed by atoms with Crippen LogP contribution in [0.1, 0.15) is 27.7 Å². The van der Waals surface area contributed by atoms with Crippen LogP contribution in [0.3, 0.4) is 0 Å². The molecule has 0 bridgehead atoms. The number of aliphatic hydroxyl groups excluding tert-OH is 1. The van der Waals surface area contributed by atoms with E-state index in [0.29, 0.717) is 11.1 Å². The minimum Gasteiger partial charge on any atom is -0.384 e. The largest absolute Gasteiger partial charge is 0.416 e. The lowest BCUT2D eigenvalue weighted by atomic mass is 10.0. The summed E-state index contributed by atoms with van der Waals surface area (Å²) in [5, 5.41) is 11.8. The van der Waals surface area contributed by atoms with E-state index in [1.807, 2.05) is 13.0 Å². The lowest BCUT2D eigenvalue weighted by molar-refractivity contribution is -0.137. The van der Waals surface area contributed by atoms with E-state index in [2.05, 4.69) is 0 Å². The van der Waals surface area contributed by atoms with Gasteiger partial charge < -0.3 is 5.11 Å². The smallest absolute Gasteiger partial charge is 0.384 e. The Labute approximate surface area is 107 Å². The molecule has 0 radical (unpaired) electrons. The van der Waals surface area contributed by atoms with Gasteiger partial charge in [0, 0.05) is 4.88 Å². The van der Waals surface area contributed by atoms with E-state index in [4.69, 9.17) is 0 Å². The Hall–Kier alpha value is -1.33. The summed E-state index contributed by atoms with van der Waals surface area (Å²) < 4.78 is 37.2. The molecule has 2 rings (SSSR count). The normalized spacial score (nSPS) is 13.6. The van der Waals surface area contributed by atoms with Crippen LogP contribution in [-0.4, -0.2) is 5.11 Å². The lowest BCUT2D eigenvalue weighted by Gasteiger charge is -2.11. The molecule has 1 unspecified atom stereocenters. The molecule has 0 spiro atoms. The highest BCUT2D eigenvalue weighted by molar-refractivity contribution is 7.10. The van der Waals surface area contributed by atoms with E-state index < -0.39 is 17.8 Å². The van der Waals surface area contributed by atoms with Crippen molar-refractivity contribution in [2.75, 3.05) is 0 Å². The van der Waals surface area contributed by atoms with Crippen LogP contribution in [-0.2, 0) is 6.18 Å². The Kier molecular flexibility index (Phi) is 3.45. The minimum absolute atomic E-state index is 0.459. The molecule has 0 saturated carbocycles. The van der Waals surface area contributed by atoms with Crippen molar-refractivity contribution in [3.8, 4) is 0 Å². The number of rotatable bonds is 2. The van der Waals surface area contributed by atoms with Crippen LogP contribution in [0.25, 0.3) is 0 Å². The fourth-order valence-electron chi connectivity index (χ4n) is 1.65. The Morgan fingerprint density at radius 2 is 1.72 bits per heavy atom. The van der Waals surface area contributed by atoms with Crippen molar-refractivity contribution in [1.82, 2.24) is 0 Å². The van der Waals surface area contributed by atoms with Gasteiger partial charge >= 0.3 is 6.18 Å². The van der Waals surface area contributed by atoms with Crippen molar-refractivity contribution in [3.63, 3.8) is 0 Å². The highest BCUT2D eigenvalue weighted by Crippen LogP contribution is 2.31. The summed E-state index contributed by atoms with van der Waals surface area (Å²) in [6, 6.07) is 6.41. The quantitative estimate of drug-likeness (QED) is 0.870. The molecule has 1 heterocycles. The monoisotopic (exact) mass is 272 g/mol. The number of aryl methyl sites for hydroxylation is 1. The maximum atomic E-state index is 12.4. The van der Waals surface area contributed by atoms with Gasteiger partial charge in [-0.1, -0.05) is 12.1 Å². The number of aliphatic hydroxyl groups is 1. The Morgan fingerprint density at radius 3 is 2.17 bits per heavy atom. The highest BCUT2D eigenvalue weighted by atomic mass is 32.1. The van der Waals surface area contributed by atoms with E-state index in [1.54, 1.807) is 5.38 Å². The Morgan fingerprint density at radius 1 is 1.11 bits per heavy atom. The van der Waals surface area contributed by atoms with Gasteiger partial charge in [-0.25, -0.2) is 0 Å². The van der Waals surface area contributed by atoms with Gasteiger partial charge in [0.1, 0.15) is 6.10 Å². The number of halogens is 3. The van der Waals surface area contributed by atoms with Crippen LogP contribution in [0.15, 0.2) is 35.7 Å². The first-order valence-electron chi connectivity index (χ1n) is 5.28. The standard InChI is InChI=1S/C13H11F3OS/c1-8-6-10(7-18-8)12(17)9-2-4-11(5-3-9)13(14,15)16/h2-7,12,17H,1H3. The maximum Gasteiger partial charge on any atom is 0.416 e. The number of hydrogen-bond acceptors (Lipinski definition) is 2. The number of thiophene rings is 1. The highest BCUT2D eigenvalue weighted by Gasteiger charge is 2.30. The van der Waals surface area contributed by atoms with Crippen LogP contribution in [0.4, 0.5) is 13.2 Å². The van der Waals surface area contributed by atoms with Gasteiger partial charge in [-0.2, -0.15) is 13.2 Å².